The molecule has 1 aliphatic heterocycles. The number of hydrogen-bond donors (Lipinski definition) is 0. The number of imidazole rings is 1. The van der Waals surface area contributed by atoms with Gasteiger partial charge in [0.15, 0.2) is 0 Å². The minimum atomic E-state index is 0.0161. The van der Waals surface area contributed by atoms with Crippen molar-refractivity contribution in [3.63, 3.8) is 0 Å². The molecule has 0 aliphatic carbocycles. The molecule has 0 bridgehead atoms. The Balaban J connectivity index is 1.66. The van der Waals surface area contributed by atoms with Crippen molar-refractivity contribution in [1.29, 1.82) is 0 Å². The van der Waals surface area contributed by atoms with Crippen molar-refractivity contribution in [2.75, 3.05) is 13.1 Å². The second kappa shape index (κ2) is 6.23. The normalized spacial score (nSPS) is 17.8. The molecular formula is C19H23N5O2. The number of pyridine rings is 1. The van der Waals surface area contributed by atoms with Gasteiger partial charge in [0.1, 0.15) is 5.82 Å². The van der Waals surface area contributed by atoms with Crippen LogP contribution >= 0.6 is 0 Å². The fourth-order valence-corrected chi connectivity index (χ4v) is 3.94. The van der Waals surface area contributed by atoms with Crippen LogP contribution in [0.5, 0.6) is 0 Å². The van der Waals surface area contributed by atoms with Crippen LogP contribution in [0.3, 0.4) is 0 Å². The number of aryl methyl sites for hydroxylation is 4. The standard InChI is InChI=1S/C19H23N5O2/c1-11-8-15(16-13(3)22-26-18(16)21-11)19(25)24-7-5-6-14(10-24)17-20-12(2)9-23(17)4/h8-9,14H,5-7,10H2,1-4H3/t14-/m1/s1. The number of piperidine rings is 1. The maximum Gasteiger partial charge on any atom is 0.258 e. The summed E-state index contributed by atoms with van der Waals surface area (Å²) in [6, 6.07) is 1.84. The molecule has 0 unspecified atom stereocenters. The van der Waals surface area contributed by atoms with Crippen LogP contribution in [0.25, 0.3) is 11.1 Å². The Morgan fingerprint density at radius 2 is 2.04 bits per heavy atom. The van der Waals surface area contributed by atoms with E-state index in [0.717, 1.165) is 42.0 Å². The summed E-state index contributed by atoms with van der Waals surface area (Å²) in [7, 11) is 2.02. The van der Waals surface area contributed by atoms with E-state index in [4.69, 9.17) is 4.52 Å². The molecule has 7 nitrogen and oxygen atoms in total. The van der Waals surface area contributed by atoms with Crippen molar-refractivity contribution in [1.82, 2.24) is 24.6 Å². The van der Waals surface area contributed by atoms with E-state index in [-0.39, 0.29) is 11.8 Å². The third-order valence-corrected chi connectivity index (χ3v) is 5.08. The lowest BCUT2D eigenvalue weighted by Crippen LogP contribution is -2.39. The van der Waals surface area contributed by atoms with Gasteiger partial charge in [0, 0.05) is 37.9 Å². The summed E-state index contributed by atoms with van der Waals surface area (Å²) in [6.45, 7) is 7.14. The van der Waals surface area contributed by atoms with Gasteiger partial charge in [-0.1, -0.05) is 5.16 Å². The largest absolute Gasteiger partial charge is 0.338 e. The Morgan fingerprint density at radius 3 is 2.77 bits per heavy atom. The van der Waals surface area contributed by atoms with Gasteiger partial charge in [0.25, 0.3) is 11.6 Å². The molecule has 26 heavy (non-hydrogen) atoms. The number of fused-ring (bicyclic) bond motifs is 1. The van der Waals surface area contributed by atoms with E-state index >= 15 is 0 Å². The smallest absolute Gasteiger partial charge is 0.258 e. The van der Waals surface area contributed by atoms with E-state index in [1.165, 1.54) is 0 Å². The lowest BCUT2D eigenvalue weighted by molar-refractivity contribution is 0.0705. The van der Waals surface area contributed by atoms with Gasteiger partial charge in [-0.05, 0) is 39.7 Å². The Bertz CT molecular complexity index is 987. The molecule has 0 N–H and O–H groups in total. The SMILES string of the molecule is Cc1cn(C)c([C@@H]2CCCN(C(=O)c3cc(C)nc4onc(C)c34)C2)n1. The Kier molecular flexibility index (Phi) is 4.01. The predicted octanol–water partition coefficient (Wildman–Crippen LogP) is 2.90. The summed E-state index contributed by atoms with van der Waals surface area (Å²) in [5.41, 5.74) is 3.52. The van der Waals surface area contributed by atoms with Gasteiger partial charge in [-0.25, -0.2) is 9.97 Å². The average molecular weight is 353 g/mol. The van der Waals surface area contributed by atoms with Gasteiger partial charge in [-0.2, -0.15) is 0 Å². The molecule has 0 aromatic carbocycles. The second-order valence-corrected chi connectivity index (χ2v) is 7.20. The number of rotatable bonds is 2. The highest BCUT2D eigenvalue weighted by atomic mass is 16.5. The van der Waals surface area contributed by atoms with Crippen LogP contribution in [-0.2, 0) is 7.05 Å². The second-order valence-electron chi connectivity index (χ2n) is 7.20. The van der Waals surface area contributed by atoms with Crippen molar-refractivity contribution in [3.05, 3.63) is 40.7 Å². The highest BCUT2D eigenvalue weighted by Crippen LogP contribution is 2.29. The number of carbonyl (C=O) groups excluding carboxylic acids is 1. The van der Waals surface area contributed by atoms with Gasteiger partial charge < -0.3 is 14.0 Å². The number of amides is 1. The van der Waals surface area contributed by atoms with Crippen LogP contribution in [0.15, 0.2) is 16.8 Å². The summed E-state index contributed by atoms with van der Waals surface area (Å²) < 4.78 is 7.35. The molecule has 4 rings (SSSR count). The van der Waals surface area contributed by atoms with Crippen molar-refractivity contribution < 1.29 is 9.32 Å². The molecule has 3 aromatic heterocycles. The van der Waals surface area contributed by atoms with E-state index in [2.05, 4.69) is 19.7 Å². The minimum Gasteiger partial charge on any atom is -0.338 e. The van der Waals surface area contributed by atoms with Crippen LogP contribution in [0, 0.1) is 20.8 Å². The third kappa shape index (κ3) is 2.77. The lowest BCUT2D eigenvalue weighted by atomic mass is 9.96. The number of nitrogens with zero attached hydrogens (tertiary/aromatic N) is 5. The predicted molar refractivity (Wildman–Crippen MR) is 97.1 cm³/mol. The molecule has 7 heteroatoms. The first-order chi connectivity index (χ1) is 12.4. The number of carbonyl (C=O) groups is 1. The molecule has 1 fully saturated rings. The van der Waals surface area contributed by atoms with Crippen LogP contribution in [0.4, 0.5) is 0 Å². The van der Waals surface area contributed by atoms with Gasteiger partial charge in [0.2, 0.25) is 0 Å². The van der Waals surface area contributed by atoms with Gasteiger partial charge >= 0.3 is 0 Å². The van der Waals surface area contributed by atoms with Crippen LogP contribution in [0.2, 0.25) is 0 Å². The third-order valence-electron chi connectivity index (χ3n) is 5.08. The molecule has 3 aromatic rings. The Labute approximate surface area is 152 Å². The lowest BCUT2D eigenvalue weighted by Gasteiger charge is -2.32. The fourth-order valence-electron chi connectivity index (χ4n) is 3.94. The molecule has 1 atom stereocenters. The zero-order valence-electron chi connectivity index (χ0n) is 15.6. The molecule has 1 amide bonds. The van der Waals surface area contributed by atoms with E-state index in [9.17, 15) is 4.79 Å². The highest BCUT2D eigenvalue weighted by molar-refractivity contribution is 6.06. The monoisotopic (exact) mass is 353 g/mol. The zero-order chi connectivity index (χ0) is 18.4. The summed E-state index contributed by atoms with van der Waals surface area (Å²) in [6.07, 6.45) is 4.05. The van der Waals surface area contributed by atoms with E-state index in [0.29, 0.717) is 23.5 Å². The van der Waals surface area contributed by atoms with Gasteiger partial charge in [-0.15, -0.1) is 0 Å². The first kappa shape index (κ1) is 16.8. The maximum absolute atomic E-state index is 13.3. The highest BCUT2D eigenvalue weighted by Gasteiger charge is 2.29. The van der Waals surface area contributed by atoms with E-state index in [1.54, 1.807) is 0 Å². The molecule has 0 radical (unpaired) electrons. The van der Waals surface area contributed by atoms with E-state index in [1.807, 2.05) is 45.0 Å². The van der Waals surface area contributed by atoms with Crippen molar-refractivity contribution >= 4 is 17.0 Å². The Hall–Kier alpha value is -2.70. The minimum absolute atomic E-state index is 0.0161. The average Bonchev–Trinajstić information content (AvgIpc) is 3.15. The number of hydrogen-bond acceptors (Lipinski definition) is 5. The summed E-state index contributed by atoms with van der Waals surface area (Å²) in [5, 5.41) is 4.70. The van der Waals surface area contributed by atoms with Gasteiger partial charge in [-0.3, -0.25) is 4.79 Å². The Morgan fingerprint density at radius 1 is 1.23 bits per heavy atom. The van der Waals surface area contributed by atoms with Crippen LogP contribution in [-0.4, -0.2) is 43.6 Å². The molecule has 0 saturated carbocycles. The topological polar surface area (TPSA) is 77.0 Å². The number of likely N-dealkylation sites (tertiary alicyclic amines) is 1. The molecule has 1 aliphatic rings. The molecule has 1 saturated heterocycles. The molecule has 0 spiro atoms. The van der Waals surface area contributed by atoms with Crippen LogP contribution in [0.1, 0.15) is 52.0 Å². The van der Waals surface area contributed by atoms with E-state index < -0.39 is 0 Å². The first-order valence-corrected chi connectivity index (χ1v) is 8.97. The summed E-state index contributed by atoms with van der Waals surface area (Å²) >= 11 is 0. The van der Waals surface area contributed by atoms with Crippen molar-refractivity contribution in [2.24, 2.45) is 7.05 Å². The zero-order valence-corrected chi connectivity index (χ0v) is 15.6. The van der Waals surface area contributed by atoms with Crippen molar-refractivity contribution in [2.45, 2.75) is 39.5 Å². The van der Waals surface area contributed by atoms with Crippen LogP contribution < -0.4 is 0 Å². The molecular weight excluding hydrogens is 330 g/mol. The summed E-state index contributed by atoms with van der Waals surface area (Å²) in [4.78, 5) is 24.2. The summed E-state index contributed by atoms with van der Waals surface area (Å²) in [5.74, 6) is 1.33. The first-order valence-electron chi connectivity index (χ1n) is 8.97. The van der Waals surface area contributed by atoms with Gasteiger partial charge in [0.05, 0.1) is 22.3 Å². The molecule has 136 valence electrons. The maximum atomic E-state index is 13.3. The molecule has 4 heterocycles. The number of aromatic nitrogens is 4. The quantitative estimate of drug-likeness (QED) is 0.708. The fraction of sp³-hybridized carbons (Fsp3) is 0.474. The van der Waals surface area contributed by atoms with Crippen molar-refractivity contribution in [3.8, 4) is 0 Å².